The number of anilines is 1. The van der Waals surface area contributed by atoms with E-state index in [1.807, 2.05) is 19.9 Å². The van der Waals surface area contributed by atoms with Crippen molar-refractivity contribution < 1.29 is 13.9 Å². The van der Waals surface area contributed by atoms with Crippen LogP contribution in [-0.2, 0) is 4.79 Å². The topological polar surface area (TPSA) is 56.1 Å². The van der Waals surface area contributed by atoms with Crippen molar-refractivity contribution in [1.29, 1.82) is 0 Å². The molecule has 27 heavy (non-hydrogen) atoms. The first-order valence-corrected chi connectivity index (χ1v) is 8.43. The fourth-order valence-electron chi connectivity index (χ4n) is 2.77. The fourth-order valence-corrected chi connectivity index (χ4v) is 2.77. The summed E-state index contributed by atoms with van der Waals surface area (Å²) in [6, 6.07) is 13.3. The Balaban J connectivity index is 1.78. The molecule has 0 saturated carbocycles. The number of ether oxygens (including phenoxy) is 1. The van der Waals surface area contributed by atoms with E-state index in [2.05, 4.69) is 10.4 Å². The zero-order chi connectivity index (χ0) is 19.4. The van der Waals surface area contributed by atoms with Crippen molar-refractivity contribution in [2.75, 3.05) is 12.4 Å². The molecule has 138 valence electrons. The normalized spacial score (nSPS) is 11.0. The maximum absolute atomic E-state index is 13.1. The number of aryl methyl sites for hydroxylation is 1. The lowest BCUT2D eigenvalue weighted by Crippen LogP contribution is -2.07. The number of nitrogens with zero attached hydrogens (tertiary/aromatic N) is 2. The van der Waals surface area contributed by atoms with E-state index in [-0.39, 0.29) is 11.7 Å². The summed E-state index contributed by atoms with van der Waals surface area (Å²) in [6.45, 7) is 3.77. The Kier molecular flexibility index (Phi) is 5.35. The predicted octanol–water partition coefficient (Wildman–Crippen LogP) is 4.29. The van der Waals surface area contributed by atoms with Crippen molar-refractivity contribution in [3.05, 3.63) is 77.4 Å². The van der Waals surface area contributed by atoms with Gasteiger partial charge in [0.15, 0.2) is 0 Å². The van der Waals surface area contributed by atoms with Crippen LogP contribution in [0.4, 0.5) is 10.1 Å². The van der Waals surface area contributed by atoms with Gasteiger partial charge in [0.1, 0.15) is 11.6 Å². The van der Waals surface area contributed by atoms with Crippen molar-refractivity contribution in [2.24, 2.45) is 0 Å². The highest BCUT2D eigenvalue weighted by atomic mass is 19.1. The van der Waals surface area contributed by atoms with Crippen LogP contribution in [0.15, 0.2) is 54.6 Å². The average molecular weight is 365 g/mol. The minimum absolute atomic E-state index is 0.253. The van der Waals surface area contributed by atoms with Crippen LogP contribution in [0.5, 0.6) is 5.75 Å². The van der Waals surface area contributed by atoms with Gasteiger partial charge in [-0.15, -0.1) is 0 Å². The molecule has 3 rings (SSSR count). The molecule has 1 amide bonds. The van der Waals surface area contributed by atoms with Gasteiger partial charge in [-0.05, 0) is 56.3 Å². The van der Waals surface area contributed by atoms with E-state index < -0.39 is 0 Å². The monoisotopic (exact) mass is 365 g/mol. The lowest BCUT2D eigenvalue weighted by molar-refractivity contribution is -0.111. The number of halogens is 1. The summed E-state index contributed by atoms with van der Waals surface area (Å²) >= 11 is 0. The quantitative estimate of drug-likeness (QED) is 0.686. The number of benzene rings is 2. The highest BCUT2D eigenvalue weighted by molar-refractivity contribution is 6.02. The van der Waals surface area contributed by atoms with Crippen LogP contribution in [0.3, 0.4) is 0 Å². The van der Waals surface area contributed by atoms with Crippen LogP contribution in [0.1, 0.15) is 17.0 Å². The second kappa shape index (κ2) is 7.86. The Morgan fingerprint density at radius 1 is 1.19 bits per heavy atom. The number of methoxy groups -OCH3 is 1. The number of aromatic nitrogens is 2. The Morgan fingerprint density at radius 3 is 2.63 bits per heavy atom. The molecule has 0 aliphatic heterocycles. The number of nitrogens with one attached hydrogen (secondary N) is 1. The number of rotatable bonds is 5. The van der Waals surface area contributed by atoms with Gasteiger partial charge in [0, 0.05) is 29.1 Å². The van der Waals surface area contributed by atoms with E-state index in [1.54, 1.807) is 48.2 Å². The summed E-state index contributed by atoms with van der Waals surface area (Å²) in [7, 11) is 1.57. The van der Waals surface area contributed by atoms with Gasteiger partial charge in [-0.2, -0.15) is 5.10 Å². The number of hydrogen-bond acceptors (Lipinski definition) is 3. The summed E-state index contributed by atoms with van der Waals surface area (Å²) in [5.74, 6) is 0.121. The van der Waals surface area contributed by atoms with Gasteiger partial charge in [-0.1, -0.05) is 6.07 Å². The van der Waals surface area contributed by atoms with E-state index in [0.717, 1.165) is 22.6 Å². The molecule has 0 aliphatic rings. The molecule has 1 heterocycles. The van der Waals surface area contributed by atoms with Crippen LogP contribution >= 0.6 is 0 Å². The largest absolute Gasteiger partial charge is 0.497 e. The molecule has 0 saturated heterocycles. The third kappa shape index (κ3) is 4.23. The zero-order valence-corrected chi connectivity index (χ0v) is 15.4. The van der Waals surface area contributed by atoms with Crippen molar-refractivity contribution in [2.45, 2.75) is 13.8 Å². The van der Waals surface area contributed by atoms with Gasteiger partial charge in [-0.25, -0.2) is 9.07 Å². The molecule has 0 unspecified atom stereocenters. The van der Waals surface area contributed by atoms with Crippen LogP contribution in [0.25, 0.3) is 11.8 Å². The molecule has 0 aliphatic carbocycles. The molecular weight excluding hydrogens is 345 g/mol. The van der Waals surface area contributed by atoms with Crippen LogP contribution in [0, 0.1) is 19.7 Å². The maximum Gasteiger partial charge on any atom is 0.248 e. The predicted molar refractivity (Wildman–Crippen MR) is 104 cm³/mol. The number of carbonyl (C=O) groups is 1. The fraction of sp³-hybridized carbons (Fsp3) is 0.143. The second-order valence-corrected chi connectivity index (χ2v) is 6.03. The molecular formula is C21H20FN3O2. The highest BCUT2D eigenvalue weighted by Gasteiger charge is 2.11. The molecule has 6 heteroatoms. The number of hydrogen-bond donors (Lipinski definition) is 1. The van der Waals surface area contributed by atoms with Gasteiger partial charge < -0.3 is 10.1 Å². The summed E-state index contributed by atoms with van der Waals surface area (Å²) in [5, 5.41) is 7.29. The second-order valence-electron chi connectivity index (χ2n) is 6.03. The zero-order valence-electron chi connectivity index (χ0n) is 15.4. The summed E-state index contributed by atoms with van der Waals surface area (Å²) in [5.41, 5.74) is 3.91. The van der Waals surface area contributed by atoms with E-state index in [9.17, 15) is 9.18 Å². The molecule has 5 nitrogen and oxygen atoms in total. The molecule has 2 aromatic carbocycles. The average Bonchev–Trinajstić information content (AvgIpc) is 2.94. The number of amides is 1. The molecule has 0 radical (unpaired) electrons. The molecule has 0 bridgehead atoms. The van der Waals surface area contributed by atoms with Gasteiger partial charge in [0.25, 0.3) is 0 Å². The summed E-state index contributed by atoms with van der Waals surface area (Å²) in [4.78, 5) is 12.2. The van der Waals surface area contributed by atoms with Gasteiger partial charge >= 0.3 is 0 Å². The standard InChI is InChI=1S/C21H20FN3O2/c1-14-20(15(2)25(24-14)18-9-7-16(22)8-10-18)11-12-21(26)23-17-5-4-6-19(13-17)27-3/h4-13H,1-3H3,(H,23,26)/b12-11+. The Labute approximate surface area is 157 Å². The van der Waals surface area contributed by atoms with Crippen molar-refractivity contribution in [1.82, 2.24) is 9.78 Å². The third-order valence-electron chi connectivity index (χ3n) is 4.16. The van der Waals surface area contributed by atoms with Crippen LogP contribution in [-0.4, -0.2) is 22.8 Å². The van der Waals surface area contributed by atoms with Crippen molar-refractivity contribution in [3.8, 4) is 11.4 Å². The highest BCUT2D eigenvalue weighted by Crippen LogP contribution is 2.20. The summed E-state index contributed by atoms with van der Waals surface area (Å²) < 4.78 is 20.0. The molecule has 0 fully saturated rings. The Hall–Kier alpha value is -3.41. The lowest BCUT2D eigenvalue weighted by atomic mass is 10.2. The van der Waals surface area contributed by atoms with Crippen LogP contribution < -0.4 is 10.1 Å². The molecule has 1 aromatic heterocycles. The van der Waals surface area contributed by atoms with E-state index in [0.29, 0.717) is 11.4 Å². The minimum atomic E-state index is -0.297. The first-order valence-electron chi connectivity index (χ1n) is 8.43. The summed E-state index contributed by atoms with van der Waals surface area (Å²) in [6.07, 6.45) is 3.19. The van der Waals surface area contributed by atoms with Crippen molar-refractivity contribution in [3.63, 3.8) is 0 Å². The third-order valence-corrected chi connectivity index (χ3v) is 4.16. The first-order chi connectivity index (χ1) is 13.0. The molecule has 0 spiro atoms. The maximum atomic E-state index is 13.1. The van der Waals surface area contributed by atoms with Gasteiger partial charge in [0.05, 0.1) is 18.5 Å². The Morgan fingerprint density at radius 2 is 1.93 bits per heavy atom. The van der Waals surface area contributed by atoms with Crippen LogP contribution in [0.2, 0.25) is 0 Å². The molecule has 1 N–H and O–H groups in total. The Bertz CT molecular complexity index is 991. The van der Waals surface area contributed by atoms with E-state index in [1.165, 1.54) is 18.2 Å². The van der Waals surface area contributed by atoms with E-state index >= 15 is 0 Å². The minimum Gasteiger partial charge on any atom is -0.497 e. The molecule has 0 atom stereocenters. The first kappa shape index (κ1) is 18.4. The number of carbonyl (C=O) groups excluding carboxylic acids is 1. The van der Waals surface area contributed by atoms with Crippen molar-refractivity contribution >= 4 is 17.7 Å². The SMILES string of the molecule is COc1cccc(NC(=O)/C=C/c2c(C)nn(-c3ccc(F)cc3)c2C)c1. The van der Waals surface area contributed by atoms with Gasteiger partial charge in [0.2, 0.25) is 5.91 Å². The smallest absolute Gasteiger partial charge is 0.248 e. The lowest BCUT2D eigenvalue weighted by Gasteiger charge is -2.05. The van der Waals surface area contributed by atoms with Gasteiger partial charge in [-0.3, -0.25) is 4.79 Å². The molecule has 3 aromatic rings. The van der Waals surface area contributed by atoms with E-state index in [4.69, 9.17) is 4.74 Å².